The van der Waals surface area contributed by atoms with Crippen LogP contribution in [0.2, 0.25) is 0 Å². The number of imidazole rings is 1. The molecular weight excluding hydrogens is 326 g/mol. The van der Waals surface area contributed by atoms with Gasteiger partial charge in [0.15, 0.2) is 5.82 Å². The van der Waals surface area contributed by atoms with Gasteiger partial charge in [0, 0.05) is 24.6 Å². The van der Waals surface area contributed by atoms with E-state index in [2.05, 4.69) is 64.5 Å². The molecule has 1 aliphatic rings. The number of rotatable bonds is 3. The molecule has 0 aromatic carbocycles. The zero-order chi connectivity index (χ0) is 15.0. The van der Waals surface area contributed by atoms with E-state index in [-0.39, 0.29) is 0 Å². The molecule has 3 rings (SSSR count). The molecule has 0 amide bonds. The van der Waals surface area contributed by atoms with Crippen molar-refractivity contribution < 1.29 is 0 Å². The topological polar surface area (TPSA) is 20.5 Å². The summed E-state index contributed by atoms with van der Waals surface area (Å²) in [4.78, 5) is 7.26. The van der Waals surface area contributed by atoms with Crippen LogP contribution in [0.4, 0.5) is 5.82 Å². The van der Waals surface area contributed by atoms with Gasteiger partial charge >= 0.3 is 0 Å². The third-order valence-corrected chi connectivity index (χ3v) is 5.46. The molecule has 0 bridgehead atoms. The second kappa shape index (κ2) is 5.64. The molecule has 0 N–H and O–H groups in total. The van der Waals surface area contributed by atoms with Crippen LogP contribution in [0.5, 0.6) is 0 Å². The van der Waals surface area contributed by atoms with Crippen molar-refractivity contribution in [3.8, 4) is 0 Å². The second-order valence-corrected chi connectivity index (χ2v) is 7.51. The van der Waals surface area contributed by atoms with Crippen molar-refractivity contribution in [1.82, 2.24) is 9.38 Å². The van der Waals surface area contributed by atoms with Gasteiger partial charge in [-0.05, 0) is 43.2 Å². The molecule has 0 spiro atoms. The minimum Gasteiger partial charge on any atom is -0.355 e. The number of halogens is 1. The molecule has 0 aliphatic heterocycles. The maximum atomic E-state index is 4.85. The molecule has 2 aromatic heterocycles. The average molecular weight is 350 g/mol. The number of hydrogen-bond acceptors (Lipinski definition) is 2. The van der Waals surface area contributed by atoms with Crippen LogP contribution in [0.1, 0.15) is 45.2 Å². The summed E-state index contributed by atoms with van der Waals surface area (Å²) >= 11 is 3.63. The van der Waals surface area contributed by atoms with Gasteiger partial charge in [-0.1, -0.05) is 35.8 Å². The number of aromatic nitrogens is 2. The molecule has 0 unspecified atom stereocenters. The first-order valence-corrected chi connectivity index (χ1v) is 8.89. The van der Waals surface area contributed by atoms with Gasteiger partial charge in [0.2, 0.25) is 0 Å². The summed E-state index contributed by atoms with van der Waals surface area (Å²) in [5.74, 6) is 1.13. The highest BCUT2D eigenvalue weighted by molar-refractivity contribution is 9.08. The Labute approximate surface area is 135 Å². The fraction of sp³-hybridized carbons (Fsp3) is 0.588. The Kier molecular flexibility index (Phi) is 4.00. The lowest BCUT2D eigenvalue weighted by molar-refractivity contribution is 0.222. The number of pyridine rings is 1. The molecule has 2 heterocycles. The fourth-order valence-corrected chi connectivity index (χ4v) is 3.91. The van der Waals surface area contributed by atoms with E-state index in [1.54, 1.807) is 0 Å². The predicted octanol–water partition coefficient (Wildman–Crippen LogP) is 4.63. The summed E-state index contributed by atoms with van der Waals surface area (Å²) in [7, 11) is 2.21. The van der Waals surface area contributed by atoms with Gasteiger partial charge in [-0.3, -0.25) is 0 Å². The highest BCUT2D eigenvalue weighted by Gasteiger charge is 2.30. The van der Waals surface area contributed by atoms with Crippen molar-refractivity contribution in [1.29, 1.82) is 0 Å². The summed E-state index contributed by atoms with van der Waals surface area (Å²) in [5, 5.41) is 0.829. The van der Waals surface area contributed by atoms with Gasteiger partial charge in [-0.2, -0.15) is 0 Å². The Bertz CT molecular complexity index is 622. The normalized spacial score (nSPS) is 19.0. The number of nitrogens with zero attached hydrogens (tertiary/aromatic N) is 3. The lowest BCUT2D eigenvalue weighted by atomic mass is 9.75. The molecule has 1 fully saturated rings. The zero-order valence-electron chi connectivity index (χ0n) is 13.1. The van der Waals surface area contributed by atoms with E-state index < -0.39 is 0 Å². The summed E-state index contributed by atoms with van der Waals surface area (Å²) in [6, 6.07) is 6.80. The van der Waals surface area contributed by atoms with Crippen molar-refractivity contribution in [2.75, 3.05) is 11.9 Å². The van der Waals surface area contributed by atoms with E-state index in [9.17, 15) is 0 Å². The number of alkyl halides is 1. The van der Waals surface area contributed by atoms with Gasteiger partial charge < -0.3 is 9.30 Å². The van der Waals surface area contributed by atoms with Gasteiger partial charge in [-0.15, -0.1) is 0 Å². The maximum Gasteiger partial charge on any atom is 0.152 e. The van der Waals surface area contributed by atoms with Crippen LogP contribution in [0.3, 0.4) is 0 Å². The van der Waals surface area contributed by atoms with Crippen LogP contribution in [0.15, 0.2) is 24.4 Å². The van der Waals surface area contributed by atoms with Crippen LogP contribution in [-0.4, -0.2) is 22.5 Å². The average Bonchev–Trinajstić information content (AvgIpc) is 2.85. The van der Waals surface area contributed by atoms with Gasteiger partial charge in [0.1, 0.15) is 5.65 Å². The van der Waals surface area contributed by atoms with E-state index >= 15 is 0 Å². The van der Waals surface area contributed by atoms with Crippen molar-refractivity contribution in [2.45, 2.75) is 50.9 Å². The molecule has 0 saturated heterocycles. The minimum absolute atomic E-state index is 0.508. The van der Waals surface area contributed by atoms with Gasteiger partial charge in [0.05, 0.1) is 5.69 Å². The number of hydrogen-bond donors (Lipinski definition) is 0. The van der Waals surface area contributed by atoms with Gasteiger partial charge in [0.25, 0.3) is 0 Å². The van der Waals surface area contributed by atoms with E-state index in [0.717, 1.165) is 16.8 Å². The molecule has 114 valence electrons. The SMILES string of the molecule is CN(c1nc2ccccn2c1CBr)C1CCC(C)(C)CC1. The summed E-state index contributed by atoms with van der Waals surface area (Å²) < 4.78 is 2.19. The first kappa shape index (κ1) is 14.9. The third kappa shape index (κ3) is 2.83. The minimum atomic E-state index is 0.508. The molecular formula is C17H24BrN3. The van der Waals surface area contributed by atoms with Crippen LogP contribution in [0, 0.1) is 5.41 Å². The van der Waals surface area contributed by atoms with Crippen molar-refractivity contribution in [3.63, 3.8) is 0 Å². The van der Waals surface area contributed by atoms with Gasteiger partial charge in [-0.25, -0.2) is 4.98 Å². The highest BCUT2D eigenvalue weighted by atomic mass is 79.9. The molecule has 4 heteroatoms. The number of fused-ring (bicyclic) bond motifs is 1. The van der Waals surface area contributed by atoms with Crippen LogP contribution in [-0.2, 0) is 5.33 Å². The Morgan fingerprint density at radius 3 is 2.71 bits per heavy atom. The molecule has 3 nitrogen and oxygen atoms in total. The molecule has 0 radical (unpaired) electrons. The highest BCUT2D eigenvalue weighted by Crippen LogP contribution is 2.38. The summed E-state index contributed by atoms with van der Waals surface area (Å²) in [5.41, 5.74) is 2.79. The lowest BCUT2D eigenvalue weighted by Gasteiger charge is -2.39. The summed E-state index contributed by atoms with van der Waals surface area (Å²) in [6.45, 7) is 4.77. The monoisotopic (exact) mass is 349 g/mol. The quantitative estimate of drug-likeness (QED) is 0.752. The van der Waals surface area contributed by atoms with Crippen LogP contribution < -0.4 is 4.90 Å². The third-order valence-electron chi connectivity index (χ3n) is 4.92. The Balaban J connectivity index is 1.89. The van der Waals surface area contributed by atoms with Crippen LogP contribution >= 0.6 is 15.9 Å². The first-order valence-electron chi connectivity index (χ1n) is 7.76. The Hall–Kier alpha value is -1.03. The molecule has 0 atom stereocenters. The van der Waals surface area contributed by atoms with Crippen molar-refractivity contribution in [3.05, 3.63) is 30.1 Å². The molecule has 1 aliphatic carbocycles. The van der Waals surface area contributed by atoms with E-state index in [0.29, 0.717) is 11.5 Å². The Morgan fingerprint density at radius 1 is 1.33 bits per heavy atom. The summed E-state index contributed by atoms with van der Waals surface area (Å²) in [6.07, 6.45) is 7.23. The zero-order valence-corrected chi connectivity index (χ0v) is 14.7. The standard InChI is InChI=1S/C17H24BrN3/c1-17(2)9-7-13(8-10-17)20(3)16-14(12-18)21-11-5-4-6-15(21)19-16/h4-6,11,13H,7-10,12H2,1-3H3. The first-order chi connectivity index (χ1) is 10.0. The largest absolute Gasteiger partial charge is 0.355 e. The fourth-order valence-electron chi connectivity index (χ4n) is 3.39. The smallest absolute Gasteiger partial charge is 0.152 e. The lowest BCUT2D eigenvalue weighted by Crippen LogP contribution is -2.37. The van der Waals surface area contributed by atoms with E-state index in [1.165, 1.54) is 31.4 Å². The molecule has 21 heavy (non-hydrogen) atoms. The van der Waals surface area contributed by atoms with Crippen molar-refractivity contribution in [2.24, 2.45) is 5.41 Å². The molecule has 1 saturated carbocycles. The maximum absolute atomic E-state index is 4.85. The van der Waals surface area contributed by atoms with E-state index in [4.69, 9.17) is 4.98 Å². The van der Waals surface area contributed by atoms with Crippen LogP contribution in [0.25, 0.3) is 5.65 Å². The van der Waals surface area contributed by atoms with Crippen molar-refractivity contribution >= 4 is 27.4 Å². The second-order valence-electron chi connectivity index (χ2n) is 6.95. The molecule has 2 aromatic rings. The van der Waals surface area contributed by atoms with E-state index in [1.807, 2.05) is 6.07 Å². The number of anilines is 1. The Morgan fingerprint density at radius 2 is 2.05 bits per heavy atom. The predicted molar refractivity (Wildman–Crippen MR) is 92.3 cm³/mol.